The molecule has 1 saturated heterocycles. The molecule has 3 nitrogen and oxygen atoms in total. The Bertz CT molecular complexity index is 97.6. The van der Waals surface area contributed by atoms with Crippen molar-refractivity contribution in [2.45, 2.75) is 37.9 Å². The fourth-order valence-electron chi connectivity index (χ4n) is 1.43. The van der Waals surface area contributed by atoms with Crippen LogP contribution in [-0.4, -0.2) is 29.3 Å². The number of hydrogen-bond donors (Lipinski definition) is 3. The van der Waals surface area contributed by atoms with Crippen molar-refractivity contribution in [3.63, 3.8) is 0 Å². The second-order valence-electron chi connectivity index (χ2n) is 3.19. The molecule has 1 fully saturated rings. The molecule has 0 aromatic rings. The highest BCUT2D eigenvalue weighted by molar-refractivity contribution is 8.00. The van der Waals surface area contributed by atoms with Crippen molar-refractivity contribution < 1.29 is 5.21 Å². The van der Waals surface area contributed by atoms with E-state index in [9.17, 15) is 0 Å². The van der Waals surface area contributed by atoms with E-state index in [4.69, 9.17) is 5.21 Å². The molecule has 0 amide bonds. The van der Waals surface area contributed by atoms with E-state index >= 15 is 0 Å². The average Bonchev–Trinajstić information content (AvgIpc) is 2.23. The largest absolute Gasteiger partial charge is 0.320 e. The average molecular weight is 206 g/mol. The van der Waals surface area contributed by atoms with Crippen molar-refractivity contribution in [3.05, 3.63) is 0 Å². The van der Waals surface area contributed by atoms with E-state index in [-0.39, 0.29) is 0 Å². The molecule has 1 heterocycles. The summed E-state index contributed by atoms with van der Waals surface area (Å²) in [6, 6.07) is 0. The lowest BCUT2D eigenvalue weighted by Crippen LogP contribution is -2.32. The Kier molecular flexibility index (Phi) is 10.5. The van der Waals surface area contributed by atoms with Crippen LogP contribution in [0.3, 0.4) is 0 Å². The van der Waals surface area contributed by atoms with Crippen molar-refractivity contribution in [1.29, 1.82) is 0 Å². The van der Waals surface area contributed by atoms with Gasteiger partial charge in [-0.2, -0.15) is 11.8 Å². The minimum atomic E-state index is 0.912. The van der Waals surface area contributed by atoms with Gasteiger partial charge in [-0.1, -0.05) is 26.2 Å². The normalized spacial score (nSPS) is 21.9. The Morgan fingerprint density at radius 3 is 2.77 bits per heavy atom. The second-order valence-corrected chi connectivity index (χ2v) is 4.60. The SMILES string of the molecule is CCCCCC1CNCCS1.NO. The molecule has 1 aliphatic rings. The van der Waals surface area contributed by atoms with Gasteiger partial charge in [0.15, 0.2) is 0 Å². The Labute approximate surface area is 85.4 Å². The van der Waals surface area contributed by atoms with E-state index in [1.54, 1.807) is 0 Å². The summed E-state index contributed by atoms with van der Waals surface area (Å²) in [5.41, 5.74) is 0. The maximum absolute atomic E-state index is 6.50. The van der Waals surface area contributed by atoms with Crippen molar-refractivity contribution in [1.82, 2.24) is 5.32 Å². The topological polar surface area (TPSA) is 58.3 Å². The van der Waals surface area contributed by atoms with Crippen molar-refractivity contribution in [2.24, 2.45) is 5.90 Å². The van der Waals surface area contributed by atoms with Crippen LogP contribution in [0.1, 0.15) is 32.6 Å². The molecule has 13 heavy (non-hydrogen) atoms. The molecule has 4 heteroatoms. The van der Waals surface area contributed by atoms with Gasteiger partial charge in [0.1, 0.15) is 0 Å². The maximum Gasteiger partial charge on any atom is 0.0172 e. The van der Waals surface area contributed by atoms with Crippen molar-refractivity contribution in [2.75, 3.05) is 18.8 Å². The summed E-state index contributed by atoms with van der Waals surface area (Å²) in [5.74, 6) is 4.82. The quantitative estimate of drug-likeness (QED) is 0.483. The summed E-state index contributed by atoms with van der Waals surface area (Å²) in [6.07, 6.45) is 5.61. The molecule has 1 unspecified atom stereocenters. The summed E-state index contributed by atoms with van der Waals surface area (Å²) in [5, 5.41) is 10.9. The molecule has 1 atom stereocenters. The lowest BCUT2D eigenvalue weighted by atomic mass is 10.1. The Morgan fingerprint density at radius 1 is 1.46 bits per heavy atom. The zero-order chi connectivity index (χ0) is 9.94. The standard InChI is InChI=1S/C9H19NS.H3NO/c1-2-3-4-5-9-8-10-6-7-11-9;1-2/h9-10H,2-8H2,1H3;2H,1H2. The lowest BCUT2D eigenvalue weighted by Gasteiger charge is -2.21. The van der Waals surface area contributed by atoms with Gasteiger partial charge in [0.2, 0.25) is 0 Å². The van der Waals surface area contributed by atoms with Crippen LogP contribution in [-0.2, 0) is 0 Å². The number of nitrogens with two attached hydrogens (primary N) is 1. The van der Waals surface area contributed by atoms with Crippen LogP contribution in [0.5, 0.6) is 0 Å². The van der Waals surface area contributed by atoms with E-state index < -0.39 is 0 Å². The fourth-order valence-corrected chi connectivity index (χ4v) is 2.59. The van der Waals surface area contributed by atoms with Crippen molar-refractivity contribution >= 4 is 11.8 Å². The highest BCUT2D eigenvalue weighted by Gasteiger charge is 2.11. The van der Waals surface area contributed by atoms with Gasteiger partial charge >= 0.3 is 0 Å². The highest BCUT2D eigenvalue weighted by Crippen LogP contribution is 2.19. The van der Waals surface area contributed by atoms with E-state index in [0.29, 0.717) is 0 Å². The van der Waals surface area contributed by atoms with Gasteiger partial charge in [-0.3, -0.25) is 0 Å². The molecule has 1 rings (SSSR count). The van der Waals surface area contributed by atoms with Gasteiger partial charge < -0.3 is 10.5 Å². The first-order chi connectivity index (χ1) is 6.43. The summed E-state index contributed by atoms with van der Waals surface area (Å²) >= 11 is 2.15. The Morgan fingerprint density at radius 2 is 2.23 bits per heavy atom. The van der Waals surface area contributed by atoms with E-state index in [1.807, 2.05) is 0 Å². The lowest BCUT2D eigenvalue weighted by molar-refractivity contribution is 0.311. The monoisotopic (exact) mass is 206 g/mol. The predicted octanol–water partition coefficient (Wildman–Crippen LogP) is 1.61. The molecule has 0 aromatic carbocycles. The Balaban J connectivity index is 0.000000671. The van der Waals surface area contributed by atoms with Crippen LogP contribution in [0.25, 0.3) is 0 Å². The molecule has 80 valence electrons. The molecule has 0 aromatic heterocycles. The van der Waals surface area contributed by atoms with Crippen LogP contribution in [0.2, 0.25) is 0 Å². The third-order valence-corrected chi connectivity index (χ3v) is 3.45. The molecule has 4 N–H and O–H groups in total. The number of nitrogens with one attached hydrogen (secondary N) is 1. The van der Waals surface area contributed by atoms with E-state index in [2.05, 4.69) is 29.9 Å². The maximum atomic E-state index is 6.50. The number of unbranched alkanes of at least 4 members (excludes halogenated alkanes) is 2. The predicted molar refractivity (Wildman–Crippen MR) is 59.2 cm³/mol. The molecule has 0 spiro atoms. The van der Waals surface area contributed by atoms with Gasteiger partial charge in [-0.15, -0.1) is 0 Å². The van der Waals surface area contributed by atoms with E-state index in [1.165, 1.54) is 44.5 Å². The van der Waals surface area contributed by atoms with Crippen LogP contribution in [0.15, 0.2) is 0 Å². The van der Waals surface area contributed by atoms with Crippen LogP contribution in [0.4, 0.5) is 0 Å². The van der Waals surface area contributed by atoms with Crippen LogP contribution < -0.4 is 11.2 Å². The third kappa shape index (κ3) is 7.31. The third-order valence-electron chi connectivity index (χ3n) is 2.13. The number of hydrogen-bond acceptors (Lipinski definition) is 4. The summed E-state index contributed by atoms with van der Waals surface area (Å²) in [6.45, 7) is 4.73. The molecule has 0 bridgehead atoms. The first-order valence-electron chi connectivity index (χ1n) is 5.01. The minimum Gasteiger partial charge on any atom is -0.320 e. The summed E-state index contributed by atoms with van der Waals surface area (Å²) < 4.78 is 0. The fraction of sp³-hybridized carbons (Fsp3) is 1.00. The van der Waals surface area contributed by atoms with Gasteiger partial charge in [-0.05, 0) is 6.42 Å². The van der Waals surface area contributed by atoms with Crippen molar-refractivity contribution in [3.8, 4) is 0 Å². The minimum absolute atomic E-state index is 0.912. The zero-order valence-corrected chi connectivity index (χ0v) is 9.28. The summed E-state index contributed by atoms with van der Waals surface area (Å²) in [7, 11) is 0. The number of thioether (sulfide) groups is 1. The van der Waals surface area contributed by atoms with Crippen LogP contribution >= 0.6 is 11.8 Å². The first kappa shape index (κ1) is 13.2. The highest BCUT2D eigenvalue weighted by atomic mass is 32.2. The van der Waals surface area contributed by atoms with Gasteiger partial charge in [0.05, 0.1) is 0 Å². The Hall–Kier alpha value is 0.230. The summed E-state index contributed by atoms with van der Waals surface area (Å²) in [4.78, 5) is 0. The molecular weight excluding hydrogens is 184 g/mol. The smallest absolute Gasteiger partial charge is 0.0172 e. The second kappa shape index (κ2) is 10.3. The molecule has 0 saturated carbocycles. The van der Waals surface area contributed by atoms with Gasteiger partial charge in [0.25, 0.3) is 0 Å². The van der Waals surface area contributed by atoms with Gasteiger partial charge in [-0.25, -0.2) is 5.90 Å². The first-order valence-corrected chi connectivity index (χ1v) is 6.06. The van der Waals surface area contributed by atoms with E-state index in [0.717, 1.165) is 5.25 Å². The van der Waals surface area contributed by atoms with Crippen LogP contribution in [0, 0.1) is 0 Å². The van der Waals surface area contributed by atoms with Gasteiger partial charge in [0, 0.05) is 24.1 Å². The molecular formula is C9H22N2OS. The molecule has 1 aliphatic heterocycles. The number of rotatable bonds is 4. The zero-order valence-electron chi connectivity index (χ0n) is 8.46. The molecule has 0 aliphatic carbocycles. The molecule has 0 radical (unpaired) electrons.